The summed E-state index contributed by atoms with van der Waals surface area (Å²) in [7, 11) is 0. The zero-order valence-corrected chi connectivity index (χ0v) is 12.7. The summed E-state index contributed by atoms with van der Waals surface area (Å²) in [6.45, 7) is 1.26. The van der Waals surface area contributed by atoms with Gasteiger partial charge >= 0.3 is 0 Å². The summed E-state index contributed by atoms with van der Waals surface area (Å²) >= 11 is 0. The van der Waals surface area contributed by atoms with Crippen LogP contribution in [0.2, 0.25) is 0 Å². The summed E-state index contributed by atoms with van der Waals surface area (Å²) < 4.78 is 0. The van der Waals surface area contributed by atoms with Gasteiger partial charge in [-0.05, 0) is 36.0 Å². The first-order valence-corrected chi connectivity index (χ1v) is 8.21. The van der Waals surface area contributed by atoms with Crippen molar-refractivity contribution >= 4 is 11.5 Å². The van der Waals surface area contributed by atoms with Gasteiger partial charge in [-0.1, -0.05) is 30.3 Å². The molecule has 1 aromatic carbocycles. The second-order valence-corrected chi connectivity index (χ2v) is 6.52. The first kappa shape index (κ1) is 14.0. The Balaban J connectivity index is 1.57. The number of nitrogens with one attached hydrogen (secondary N) is 1. The van der Waals surface area contributed by atoms with Gasteiger partial charge < -0.3 is 15.3 Å². The third-order valence-electron chi connectivity index (χ3n) is 5.36. The van der Waals surface area contributed by atoms with Crippen molar-refractivity contribution in [2.45, 2.75) is 37.3 Å². The molecule has 0 bridgehead atoms. The Kier molecular flexibility index (Phi) is 3.51. The lowest BCUT2D eigenvalue weighted by atomic mass is 9.74. The van der Waals surface area contributed by atoms with Crippen molar-refractivity contribution in [3.8, 4) is 0 Å². The number of hydrogen-bond acceptors (Lipinski definition) is 3. The standard InChI is InChI=1S/C18H22N2O2/c21-11-16-18(15-9-19-10-17(22)20(15)16)14-7-5-13(6-8-14)12-3-1-2-4-12/h3,5-8,15-16,18-19,21H,1-2,4,9-11H2/t15-,16-,18-/m0/s1. The molecule has 3 atom stereocenters. The molecule has 22 heavy (non-hydrogen) atoms. The van der Waals surface area contributed by atoms with E-state index in [1.54, 1.807) is 0 Å². The third-order valence-corrected chi connectivity index (χ3v) is 5.36. The first-order chi connectivity index (χ1) is 10.8. The number of benzene rings is 1. The summed E-state index contributed by atoms with van der Waals surface area (Å²) in [6, 6.07) is 8.88. The van der Waals surface area contributed by atoms with Crippen LogP contribution in [0.1, 0.15) is 36.3 Å². The van der Waals surface area contributed by atoms with E-state index in [0.717, 1.165) is 6.54 Å². The Bertz CT molecular complexity index is 602. The minimum atomic E-state index is -0.0591. The number of amides is 1. The molecular weight excluding hydrogens is 276 g/mol. The van der Waals surface area contributed by atoms with Crippen molar-refractivity contribution < 1.29 is 9.90 Å². The largest absolute Gasteiger partial charge is 0.394 e. The molecule has 2 aliphatic heterocycles. The average Bonchev–Trinajstić information content (AvgIpc) is 3.04. The monoisotopic (exact) mass is 298 g/mol. The molecule has 1 amide bonds. The molecule has 0 aromatic heterocycles. The van der Waals surface area contributed by atoms with Gasteiger partial charge in [-0.3, -0.25) is 4.79 Å². The predicted octanol–water partition coefficient (Wildman–Crippen LogP) is 1.51. The maximum absolute atomic E-state index is 12.0. The van der Waals surface area contributed by atoms with Gasteiger partial charge in [-0.2, -0.15) is 0 Å². The Hall–Kier alpha value is -1.65. The maximum atomic E-state index is 12.0. The number of rotatable bonds is 3. The summed E-state index contributed by atoms with van der Waals surface area (Å²) in [5.41, 5.74) is 4.00. The van der Waals surface area contributed by atoms with Gasteiger partial charge in [0.15, 0.2) is 0 Å². The molecule has 4 heteroatoms. The van der Waals surface area contributed by atoms with Gasteiger partial charge in [0.2, 0.25) is 5.91 Å². The predicted molar refractivity (Wildman–Crippen MR) is 85.4 cm³/mol. The van der Waals surface area contributed by atoms with Crippen LogP contribution in [0, 0.1) is 0 Å². The van der Waals surface area contributed by atoms with Crippen molar-refractivity contribution in [2.75, 3.05) is 19.7 Å². The van der Waals surface area contributed by atoms with Gasteiger partial charge in [-0.15, -0.1) is 0 Å². The molecular formula is C18H22N2O2. The van der Waals surface area contributed by atoms with E-state index in [1.165, 1.54) is 36.0 Å². The van der Waals surface area contributed by atoms with Crippen molar-refractivity contribution in [2.24, 2.45) is 0 Å². The molecule has 0 unspecified atom stereocenters. The van der Waals surface area contributed by atoms with E-state index < -0.39 is 0 Å². The van der Waals surface area contributed by atoms with Crippen LogP contribution in [0.15, 0.2) is 30.3 Å². The highest BCUT2D eigenvalue weighted by Crippen LogP contribution is 2.41. The Labute approximate surface area is 130 Å². The number of aliphatic hydroxyl groups excluding tert-OH is 1. The molecule has 0 radical (unpaired) electrons. The van der Waals surface area contributed by atoms with E-state index in [1.807, 2.05) is 4.90 Å². The SMILES string of the molecule is O=C1CNC[C@H]2[C@H](c3ccc(C4=CCCC4)cc3)[C@H](CO)N12. The minimum Gasteiger partial charge on any atom is -0.394 e. The average molecular weight is 298 g/mol. The quantitative estimate of drug-likeness (QED) is 0.889. The third kappa shape index (κ3) is 2.09. The maximum Gasteiger partial charge on any atom is 0.237 e. The van der Waals surface area contributed by atoms with Crippen LogP contribution in [0.5, 0.6) is 0 Å². The molecule has 0 spiro atoms. The van der Waals surface area contributed by atoms with Crippen molar-refractivity contribution in [1.29, 1.82) is 0 Å². The second kappa shape index (κ2) is 5.52. The van der Waals surface area contributed by atoms with E-state index in [0.29, 0.717) is 6.54 Å². The van der Waals surface area contributed by atoms with E-state index in [-0.39, 0.29) is 30.5 Å². The molecule has 1 aromatic rings. The molecule has 4 rings (SSSR count). The highest BCUT2D eigenvalue weighted by Gasteiger charge is 2.52. The second-order valence-electron chi connectivity index (χ2n) is 6.52. The minimum absolute atomic E-state index is 0.0415. The van der Waals surface area contributed by atoms with Crippen molar-refractivity contribution in [1.82, 2.24) is 10.2 Å². The summed E-state index contributed by atoms with van der Waals surface area (Å²) in [4.78, 5) is 13.8. The fourth-order valence-electron chi connectivity index (χ4n) is 4.26. The van der Waals surface area contributed by atoms with Crippen LogP contribution in [0.25, 0.3) is 5.57 Å². The number of carbonyl (C=O) groups excluding carboxylic acids is 1. The van der Waals surface area contributed by atoms with Gasteiger partial charge in [0, 0.05) is 12.5 Å². The van der Waals surface area contributed by atoms with Crippen molar-refractivity contribution in [3.63, 3.8) is 0 Å². The Morgan fingerprint density at radius 3 is 2.77 bits per heavy atom. The van der Waals surface area contributed by atoms with Crippen LogP contribution in [-0.4, -0.2) is 47.7 Å². The number of fused-ring (bicyclic) bond motifs is 1. The van der Waals surface area contributed by atoms with E-state index in [4.69, 9.17) is 0 Å². The van der Waals surface area contributed by atoms with Gasteiger partial charge in [0.05, 0.1) is 25.2 Å². The Morgan fingerprint density at radius 1 is 1.27 bits per heavy atom. The molecule has 2 N–H and O–H groups in total. The van der Waals surface area contributed by atoms with E-state index in [2.05, 4.69) is 35.7 Å². The number of carbonyl (C=O) groups is 1. The fourth-order valence-corrected chi connectivity index (χ4v) is 4.26. The Morgan fingerprint density at radius 2 is 2.09 bits per heavy atom. The smallest absolute Gasteiger partial charge is 0.237 e. The van der Waals surface area contributed by atoms with E-state index >= 15 is 0 Å². The molecule has 2 saturated heterocycles. The molecule has 1 aliphatic carbocycles. The molecule has 2 fully saturated rings. The first-order valence-electron chi connectivity index (χ1n) is 8.21. The summed E-state index contributed by atoms with van der Waals surface area (Å²) in [5, 5.41) is 12.9. The summed E-state index contributed by atoms with van der Waals surface area (Å²) in [5.74, 6) is 0.354. The van der Waals surface area contributed by atoms with Crippen molar-refractivity contribution in [3.05, 3.63) is 41.5 Å². The highest BCUT2D eigenvalue weighted by molar-refractivity contribution is 5.81. The molecule has 116 valence electrons. The normalized spacial score (nSPS) is 30.8. The number of hydrogen-bond donors (Lipinski definition) is 2. The van der Waals surface area contributed by atoms with Crippen LogP contribution in [0.4, 0.5) is 0 Å². The lowest BCUT2D eigenvalue weighted by molar-refractivity contribution is -0.153. The molecule has 2 heterocycles. The number of piperazine rings is 1. The summed E-state index contributed by atoms with van der Waals surface area (Å²) in [6.07, 6.45) is 5.96. The van der Waals surface area contributed by atoms with Crippen LogP contribution >= 0.6 is 0 Å². The van der Waals surface area contributed by atoms with Crippen LogP contribution in [-0.2, 0) is 4.79 Å². The molecule has 4 nitrogen and oxygen atoms in total. The van der Waals surface area contributed by atoms with Gasteiger partial charge in [0.25, 0.3) is 0 Å². The fraction of sp³-hybridized carbons (Fsp3) is 0.500. The topological polar surface area (TPSA) is 52.6 Å². The van der Waals surface area contributed by atoms with Crippen LogP contribution in [0.3, 0.4) is 0 Å². The van der Waals surface area contributed by atoms with E-state index in [9.17, 15) is 9.90 Å². The molecule has 0 saturated carbocycles. The number of allylic oxidation sites excluding steroid dienone is 2. The lowest BCUT2D eigenvalue weighted by Gasteiger charge is -2.57. The number of aliphatic hydroxyl groups is 1. The van der Waals surface area contributed by atoms with Crippen LogP contribution < -0.4 is 5.32 Å². The number of nitrogens with zero attached hydrogens (tertiary/aromatic N) is 1. The van der Waals surface area contributed by atoms with Gasteiger partial charge in [0.1, 0.15) is 0 Å². The lowest BCUT2D eigenvalue weighted by Crippen LogP contribution is -2.72. The zero-order valence-electron chi connectivity index (χ0n) is 12.7. The molecule has 3 aliphatic rings. The van der Waals surface area contributed by atoms with Gasteiger partial charge in [-0.25, -0.2) is 0 Å². The highest BCUT2D eigenvalue weighted by atomic mass is 16.3. The zero-order chi connectivity index (χ0) is 15.1.